The van der Waals surface area contributed by atoms with Crippen LogP contribution in [0.1, 0.15) is 129 Å². The molecule has 0 aliphatic heterocycles. The molecule has 1 rings (SSSR count). The fourth-order valence-electron chi connectivity index (χ4n) is 3.92. The predicted octanol–water partition coefficient (Wildman–Crippen LogP) is 7.69. The van der Waals surface area contributed by atoms with Gasteiger partial charge >= 0.3 is 5.97 Å². The van der Waals surface area contributed by atoms with Crippen LogP contribution in [-0.4, -0.2) is 16.2 Å². The molecule has 0 bridgehead atoms. The number of hydrogen-bond acceptors (Lipinski definition) is 2. The van der Waals surface area contributed by atoms with E-state index >= 15 is 0 Å². The van der Waals surface area contributed by atoms with Crippen molar-refractivity contribution in [3.8, 4) is 5.75 Å². The van der Waals surface area contributed by atoms with Gasteiger partial charge in [0.1, 0.15) is 5.75 Å². The molecule has 2 N–H and O–H groups in total. The van der Waals surface area contributed by atoms with Crippen LogP contribution in [0.4, 0.5) is 0 Å². The molecule has 3 nitrogen and oxygen atoms in total. The highest BCUT2D eigenvalue weighted by atomic mass is 16.4. The summed E-state index contributed by atoms with van der Waals surface area (Å²) in [5.74, 6) is -0.971. The molecule has 1 aromatic rings. The molecule has 0 heterocycles. The minimum absolute atomic E-state index is 0.248. The number of aliphatic carboxylic acids is 1. The van der Waals surface area contributed by atoms with Gasteiger partial charge in [-0.05, 0) is 33.9 Å². The average molecular weight is 405 g/mol. The Balaban J connectivity index is 2.97. The van der Waals surface area contributed by atoms with Gasteiger partial charge in [0.15, 0.2) is 0 Å². The summed E-state index contributed by atoms with van der Waals surface area (Å²) < 4.78 is 0. The Labute approximate surface area is 178 Å². The van der Waals surface area contributed by atoms with Gasteiger partial charge in [0, 0.05) is 0 Å². The molecule has 0 radical (unpaired) electrons. The van der Waals surface area contributed by atoms with Gasteiger partial charge < -0.3 is 10.2 Å². The van der Waals surface area contributed by atoms with E-state index in [0.717, 1.165) is 29.5 Å². The lowest BCUT2D eigenvalue weighted by Gasteiger charge is -2.29. The van der Waals surface area contributed by atoms with E-state index in [1.165, 1.54) is 38.5 Å². The lowest BCUT2D eigenvalue weighted by Crippen LogP contribution is -2.20. The van der Waals surface area contributed by atoms with Crippen LogP contribution in [0, 0.1) is 0 Å². The lowest BCUT2D eigenvalue weighted by atomic mass is 9.76. The Morgan fingerprint density at radius 3 is 1.62 bits per heavy atom. The highest BCUT2D eigenvalue weighted by Gasteiger charge is 2.29. The molecule has 0 saturated carbocycles. The Morgan fingerprint density at radius 1 is 0.828 bits per heavy atom. The number of carboxylic acid groups (broad SMARTS) is 1. The summed E-state index contributed by atoms with van der Waals surface area (Å²) in [6, 6.07) is 3.85. The first-order chi connectivity index (χ1) is 13.4. The SMILES string of the molecule is CCCCCCCCCCC(C(=O)O)c1cc(C(C)(C)C)c(O)c(C(C)(C)C)c1. The molecule has 3 heteroatoms. The predicted molar refractivity (Wildman–Crippen MR) is 123 cm³/mol. The Bertz CT molecular complexity index is 612. The second kappa shape index (κ2) is 11.0. The van der Waals surface area contributed by atoms with Crippen molar-refractivity contribution in [3.05, 3.63) is 28.8 Å². The first kappa shape index (κ1) is 25.5. The van der Waals surface area contributed by atoms with Crippen LogP contribution in [0.2, 0.25) is 0 Å². The number of phenolic OH excluding ortho intramolecular Hbond substituents is 1. The monoisotopic (exact) mass is 404 g/mol. The summed E-state index contributed by atoms with van der Waals surface area (Å²) >= 11 is 0. The third-order valence-corrected chi connectivity index (χ3v) is 5.80. The van der Waals surface area contributed by atoms with E-state index in [4.69, 9.17) is 0 Å². The van der Waals surface area contributed by atoms with Gasteiger partial charge in [-0.15, -0.1) is 0 Å². The van der Waals surface area contributed by atoms with Crippen LogP contribution in [0.25, 0.3) is 0 Å². The maximum absolute atomic E-state index is 12.1. The minimum Gasteiger partial charge on any atom is -0.507 e. The smallest absolute Gasteiger partial charge is 0.310 e. The van der Waals surface area contributed by atoms with Crippen molar-refractivity contribution in [2.75, 3.05) is 0 Å². The van der Waals surface area contributed by atoms with Gasteiger partial charge in [-0.1, -0.05) is 112 Å². The number of aromatic hydroxyl groups is 1. The zero-order chi connectivity index (χ0) is 22.2. The topological polar surface area (TPSA) is 57.5 Å². The summed E-state index contributed by atoms with van der Waals surface area (Å²) in [6.45, 7) is 14.6. The van der Waals surface area contributed by atoms with Gasteiger partial charge in [0.05, 0.1) is 5.92 Å². The molecule has 0 spiro atoms. The lowest BCUT2D eigenvalue weighted by molar-refractivity contribution is -0.139. The number of carboxylic acids is 1. The summed E-state index contributed by atoms with van der Waals surface area (Å²) in [6.07, 6.45) is 10.3. The Hall–Kier alpha value is -1.51. The molecular formula is C26H44O3. The highest BCUT2D eigenvalue weighted by Crippen LogP contribution is 2.41. The number of phenols is 1. The van der Waals surface area contributed by atoms with E-state index in [9.17, 15) is 15.0 Å². The highest BCUT2D eigenvalue weighted by molar-refractivity contribution is 5.76. The average Bonchev–Trinajstić information content (AvgIpc) is 2.58. The first-order valence-electron chi connectivity index (χ1n) is 11.5. The van der Waals surface area contributed by atoms with Crippen LogP contribution in [0.3, 0.4) is 0 Å². The number of hydrogen-bond donors (Lipinski definition) is 2. The summed E-state index contributed by atoms with van der Waals surface area (Å²) in [5.41, 5.74) is 2.00. The molecule has 1 atom stereocenters. The van der Waals surface area contributed by atoms with Crippen LogP contribution < -0.4 is 0 Å². The number of unbranched alkanes of at least 4 members (excludes halogenated alkanes) is 7. The number of carbonyl (C=O) groups is 1. The third-order valence-electron chi connectivity index (χ3n) is 5.80. The van der Waals surface area contributed by atoms with Gasteiger partial charge in [-0.25, -0.2) is 0 Å². The van der Waals surface area contributed by atoms with Crippen molar-refractivity contribution in [2.45, 2.75) is 123 Å². The van der Waals surface area contributed by atoms with Crippen molar-refractivity contribution in [3.63, 3.8) is 0 Å². The van der Waals surface area contributed by atoms with E-state index in [1.807, 2.05) is 12.1 Å². The maximum Gasteiger partial charge on any atom is 0.310 e. The molecular weight excluding hydrogens is 360 g/mol. The molecule has 0 amide bonds. The fourth-order valence-corrected chi connectivity index (χ4v) is 3.92. The molecule has 1 aromatic carbocycles. The largest absolute Gasteiger partial charge is 0.507 e. The van der Waals surface area contributed by atoms with Gasteiger partial charge in [0.25, 0.3) is 0 Å². The van der Waals surface area contributed by atoms with Gasteiger partial charge in [-0.2, -0.15) is 0 Å². The second-order valence-electron chi connectivity index (χ2n) is 10.6. The van der Waals surface area contributed by atoms with Gasteiger partial charge in [-0.3, -0.25) is 4.79 Å². The van der Waals surface area contributed by atoms with E-state index in [1.54, 1.807) is 0 Å². The molecule has 29 heavy (non-hydrogen) atoms. The maximum atomic E-state index is 12.1. The van der Waals surface area contributed by atoms with Crippen LogP contribution >= 0.6 is 0 Å². The molecule has 0 aromatic heterocycles. The van der Waals surface area contributed by atoms with Crippen molar-refractivity contribution in [1.82, 2.24) is 0 Å². The Morgan fingerprint density at radius 2 is 1.24 bits per heavy atom. The zero-order valence-corrected chi connectivity index (χ0v) is 19.9. The third kappa shape index (κ3) is 8.03. The number of benzene rings is 1. The molecule has 0 fully saturated rings. The number of rotatable bonds is 11. The quantitative estimate of drug-likeness (QED) is 0.372. The van der Waals surface area contributed by atoms with Crippen molar-refractivity contribution in [2.24, 2.45) is 0 Å². The molecule has 0 saturated heterocycles. The van der Waals surface area contributed by atoms with Crippen LogP contribution in [-0.2, 0) is 15.6 Å². The second-order valence-corrected chi connectivity index (χ2v) is 10.6. The summed E-state index contributed by atoms with van der Waals surface area (Å²) in [4.78, 5) is 12.1. The van der Waals surface area contributed by atoms with Crippen LogP contribution in [0.5, 0.6) is 5.75 Å². The van der Waals surface area contributed by atoms with E-state index in [-0.39, 0.29) is 10.8 Å². The van der Waals surface area contributed by atoms with Crippen molar-refractivity contribution >= 4 is 5.97 Å². The molecule has 0 aliphatic rings. The van der Waals surface area contributed by atoms with E-state index in [2.05, 4.69) is 48.5 Å². The molecule has 0 aliphatic carbocycles. The molecule has 1 unspecified atom stereocenters. The summed E-state index contributed by atoms with van der Waals surface area (Å²) in [7, 11) is 0. The standard InChI is InChI=1S/C26H44O3/c1-8-9-10-11-12-13-14-15-16-20(24(28)29)19-17-21(25(2,3)4)23(27)22(18-19)26(5,6)7/h17-18,20,27H,8-16H2,1-7H3,(H,28,29). The van der Waals surface area contributed by atoms with Crippen LogP contribution in [0.15, 0.2) is 12.1 Å². The Kier molecular flexibility index (Phi) is 9.71. The minimum atomic E-state index is -0.765. The zero-order valence-electron chi connectivity index (χ0n) is 19.9. The molecule has 166 valence electrons. The van der Waals surface area contributed by atoms with E-state index < -0.39 is 11.9 Å². The first-order valence-corrected chi connectivity index (χ1v) is 11.5. The normalized spacial score (nSPS) is 13.5. The van der Waals surface area contributed by atoms with Gasteiger partial charge in [0.2, 0.25) is 0 Å². The summed E-state index contributed by atoms with van der Waals surface area (Å²) in [5, 5.41) is 20.8. The fraction of sp³-hybridized carbons (Fsp3) is 0.731. The van der Waals surface area contributed by atoms with Crippen molar-refractivity contribution in [1.29, 1.82) is 0 Å². The van der Waals surface area contributed by atoms with Crippen molar-refractivity contribution < 1.29 is 15.0 Å². The van der Waals surface area contributed by atoms with E-state index in [0.29, 0.717) is 12.2 Å².